The van der Waals surface area contributed by atoms with E-state index in [4.69, 9.17) is 9.47 Å². The van der Waals surface area contributed by atoms with E-state index in [0.717, 1.165) is 12.8 Å². The Labute approximate surface area is 110 Å². The molecule has 0 saturated heterocycles. The molecule has 0 aromatic carbocycles. The molecule has 1 unspecified atom stereocenters. The van der Waals surface area contributed by atoms with Crippen molar-refractivity contribution in [3.05, 3.63) is 0 Å². The van der Waals surface area contributed by atoms with Gasteiger partial charge in [-0.25, -0.2) is 0 Å². The van der Waals surface area contributed by atoms with Crippen molar-refractivity contribution in [1.82, 2.24) is 5.32 Å². The first-order chi connectivity index (χ1) is 8.48. The van der Waals surface area contributed by atoms with Gasteiger partial charge in [-0.05, 0) is 44.6 Å². The molecule has 4 nitrogen and oxygen atoms in total. The van der Waals surface area contributed by atoms with E-state index in [1.54, 1.807) is 7.05 Å². The number of likely N-dealkylation sites (N-methyl/N-ethyl adjacent to an activating group) is 1. The van der Waals surface area contributed by atoms with Gasteiger partial charge in [-0.1, -0.05) is 13.8 Å². The summed E-state index contributed by atoms with van der Waals surface area (Å²) >= 11 is 0. The second-order valence-electron chi connectivity index (χ2n) is 5.89. The number of methoxy groups -OCH3 is 1. The van der Waals surface area contributed by atoms with E-state index in [2.05, 4.69) is 19.2 Å². The smallest absolute Gasteiger partial charge is 0.322 e. The molecule has 1 rings (SSSR count). The predicted molar refractivity (Wildman–Crippen MR) is 71.5 cm³/mol. The first-order valence-corrected chi connectivity index (χ1v) is 6.85. The maximum Gasteiger partial charge on any atom is 0.322 e. The highest BCUT2D eigenvalue weighted by Crippen LogP contribution is 2.36. The fourth-order valence-corrected chi connectivity index (χ4v) is 2.41. The van der Waals surface area contributed by atoms with Crippen LogP contribution < -0.4 is 5.32 Å². The van der Waals surface area contributed by atoms with Crippen LogP contribution in [-0.4, -0.2) is 38.9 Å². The zero-order valence-electron chi connectivity index (χ0n) is 12.1. The molecule has 0 amide bonds. The highest BCUT2D eigenvalue weighted by atomic mass is 16.5. The number of esters is 1. The van der Waals surface area contributed by atoms with Gasteiger partial charge < -0.3 is 14.8 Å². The minimum Gasteiger partial charge on any atom is -0.468 e. The number of carbonyl (C=O) groups is 1. The predicted octanol–water partition coefficient (Wildman–Crippen LogP) is 2.12. The zero-order valence-corrected chi connectivity index (χ0v) is 12.1. The molecule has 0 aromatic heterocycles. The summed E-state index contributed by atoms with van der Waals surface area (Å²) in [6.45, 7) is 5.25. The highest BCUT2D eigenvalue weighted by Gasteiger charge is 2.27. The third-order valence-electron chi connectivity index (χ3n) is 3.88. The normalized spacial score (nSPS) is 21.6. The van der Waals surface area contributed by atoms with Crippen molar-refractivity contribution >= 4 is 5.97 Å². The first-order valence-electron chi connectivity index (χ1n) is 6.85. The Kier molecular flexibility index (Phi) is 6.09. The lowest BCUT2D eigenvalue weighted by molar-refractivity contribution is -0.143. The number of rotatable bonds is 6. The molecule has 0 aliphatic heterocycles. The van der Waals surface area contributed by atoms with Crippen LogP contribution in [0.5, 0.6) is 0 Å². The molecule has 0 radical (unpaired) electrons. The van der Waals surface area contributed by atoms with Gasteiger partial charge in [-0.3, -0.25) is 4.79 Å². The molecule has 1 fully saturated rings. The van der Waals surface area contributed by atoms with Gasteiger partial charge in [0.1, 0.15) is 6.04 Å². The Hall–Kier alpha value is -0.610. The zero-order chi connectivity index (χ0) is 13.6. The molecule has 1 aliphatic rings. The highest BCUT2D eigenvalue weighted by molar-refractivity contribution is 5.75. The second kappa shape index (κ2) is 7.10. The Morgan fingerprint density at radius 1 is 1.39 bits per heavy atom. The molecule has 1 saturated carbocycles. The quantitative estimate of drug-likeness (QED) is 0.740. The molecular formula is C14H27NO3. The maximum absolute atomic E-state index is 11.4. The van der Waals surface area contributed by atoms with Crippen LogP contribution in [0.2, 0.25) is 0 Å². The van der Waals surface area contributed by atoms with E-state index >= 15 is 0 Å². The summed E-state index contributed by atoms with van der Waals surface area (Å²) < 4.78 is 10.6. The summed E-state index contributed by atoms with van der Waals surface area (Å²) in [6, 6.07) is -0.255. The average molecular weight is 257 g/mol. The van der Waals surface area contributed by atoms with Gasteiger partial charge in [0.15, 0.2) is 0 Å². The number of hydrogen-bond donors (Lipinski definition) is 1. The fraction of sp³-hybridized carbons (Fsp3) is 0.929. The van der Waals surface area contributed by atoms with Crippen LogP contribution in [0.25, 0.3) is 0 Å². The van der Waals surface area contributed by atoms with Gasteiger partial charge in [-0.15, -0.1) is 0 Å². The summed E-state index contributed by atoms with van der Waals surface area (Å²) in [7, 11) is 3.18. The molecule has 0 aromatic rings. The molecule has 0 bridgehead atoms. The van der Waals surface area contributed by atoms with Crippen LogP contribution in [0.15, 0.2) is 0 Å². The van der Waals surface area contributed by atoms with Crippen molar-refractivity contribution in [1.29, 1.82) is 0 Å². The molecule has 4 heteroatoms. The van der Waals surface area contributed by atoms with E-state index in [1.807, 2.05) is 0 Å². The molecule has 1 atom stereocenters. The van der Waals surface area contributed by atoms with E-state index in [9.17, 15) is 4.79 Å². The van der Waals surface area contributed by atoms with Crippen LogP contribution in [0.1, 0.15) is 46.0 Å². The molecule has 106 valence electrons. The van der Waals surface area contributed by atoms with Crippen LogP contribution >= 0.6 is 0 Å². The molecule has 1 aliphatic carbocycles. The largest absolute Gasteiger partial charge is 0.468 e. The van der Waals surface area contributed by atoms with Crippen molar-refractivity contribution in [3.63, 3.8) is 0 Å². The topological polar surface area (TPSA) is 47.6 Å². The minimum atomic E-state index is -0.255. The van der Waals surface area contributed by atoms with Gasteiger partial charge in [0, 0.05) is 6.61 Å². The number of ether oxygens (including phenoxy) is 2. The van der Waals surface area contributed by atoms with E-state index in [-0.39, 0.29) is 12.0 Å². The third kappa shape index (κ3) is 4.94. The van der Waals surface area contributed by atoms with E-state index in [1.165, 1.54) is 20.0 Å². The second-order valence-corrected chi connectivity index (χ2v) is 5.89. The summed E-state index contributed by atoms with van der Waals surface area (Å²) in [5.41, 5.74) is 0.472. The van der Waals surface area contributed by atoms with Gasteiger partial charge in [0.25, 0.3) is 0 Å². The van der Waals surface area contributed by atoms with Gasteiger partial charge >= 0.3 is 5.97 Å². The Balaban J connectivity index is 2.20. The van der Waals surface area contributed by atoms with Crippen LogP contribution in [0, 0.1) is 5.41 Å². The summed E-state index contributed by atoms with van der Waals surface area (Å²) in [4.78, 5) is 11.4. The fourth-order valence-electron chi connectivity index (χ4n) is 2.41. The number of nitrogens with one attached hydrogen (secondary N) is 1. The molecule has 1 N–H and O–H groups in total. The van der Waals surface area contributed by atoms with Crippen LogP contribution in [-0.2, 0) is 14.3 Å². The Morgan fingerprint density at radius 3 is 2.50 bits per heavy atom. The lowest BCUT2D eigenvalue weighted by Crippen LogP contribution is -2.36. The standard InChI is InChI=1S/C14H27NO3/c1-14(2)8-5-11(6-9-14)18-10-7-12(15-3)13(16)17-4/h11-12,15H,5-10H2,1-4H3. The van der Waals surface area contributed by atoms with Crippen molar-refractivity contribution in [2.75, 3.05) is 20.8 Å². The summed E-state index contributed by atoms with van der Waals surface area (Å²) in [5.74, 6) is -0.217. The van der Waals surface area contributed by atoms with Crippen molar-refractivity contribution in [2.24, 2.45) is 5.41 Å². The first kappa shape index (κ1) is 15.4. The van der Waals surface area contributed by atoms with E-state index < -0.39 is 0 Å². The summed E-state index contributed by atoms with van der Waals surface area (Å²) in [6.07, 6.45) is 5.76. The molecule has 18 heavy (non-hydrogen) atoms. The maximum atomic E-state index is 11.4. The molecule has 0 heterocycles. The van der Waals surface area contributed by atoms with Gasteiger partial charge in [0.2, 0.25) is 0 Å². The lowest BCUT2D eigenvalue weighted by Gasteiger charge is -2.34. The van der Waals surface area contributed by atoms with Crippen molar-refractivity contribution in [2.45, 2.75) is 58.1 Å². The van der Waals surface area contributed by atoms with Gasteiger partial charge in [-0.2, -0.15) is 0 Å². The third-order valence-corrected chi connectivity index (χ3v) is 3.88. The summed E-state index contributed by atoms with van der Waals surface area (Å²) in [5, 5.41) is 2.95. The number of carbonyl (C=O) groups excluding carboxylic acids is 1. The molecule has 0 spiro atoms. The van der Waals surface area contributed by atoms with Crippen LogP contribution in [0.4, 0.5) is 0 Å². The van der Waals surface area contributed by atoms with E-state index in [0.29, 0.717) is 24.5 Å². The SMILES string of the molecule is CNC(CCOC1CCC(C)(C)CC1)C(=O)OC. The monoisotopic (exact) mass is 257 g/mol. The molecular weight excluding hydrogens is 230 g/mol. The Morgan fingerprint density at radius 2 is 2.00 bits per heavy atom. The van der Waals surface area contributed by atoms with Crippen LogP contribution in [0.3, 0.4) is 0 Å². The lowest BCUT2D eigenvalue weighted by atomic mass is 9.76. The van der Waals surface area contributed by atoms with Crippen molar-refractivity contribution < 1.29 is 14.3 Å². The van der Waals surface area contributed by atoms with Crippen molar-refractivity contribution in [3.8, 4) is 0 Å². The average Bonchev–Trinajstić information content (AvgIpc) is 2.35. The Bertz CT molecular complexity index is 256. The number of hydrogen-bond acceptors (Lipinski definition) is 4. The van der Waals surface area contributed by atoms with Gasteiger partial charge in [0.05, 0.1) is 13.2 Å². The minimum absolute atomic E-state index is 0.217.